The molecule has 0 atom stereocenters. The Kier molecular flexibility index (Phi) is 2.25. The third kappa shape index (κ3) is 1.41. The lowest BCUT2D eigenvalue weighted by Crippen LogP contribution is -2.28. The summed E-state index contributed by atoms with van der Waals surface area (Å²) in [6.07, 6.45) is 8.28. The van der Waals surface area contributed by atoms with Crippen molar-refractivity contribution in [1.82, 2.24) is 9.78 Å². The lowest BCUT2D eigenvalue weighted by atomic mass is 9.73. The summed E-state index contributed by atoms with van der Waals surface area (Å²) in [5.74, 6) is 0. The second-order valence-electron chi connectivity index (χ2n) is 4.69. The lowest BCUT2D eigenvalue weighted by molar-refractivity contribution is 0.303. The molecule has 0 aromatic carbocycles. The minimum Gasteiger partial charge on any atom is -0.396 e. The first-order valence-corrected chi connectivity index (χ1v) is 5.41. The van der Waals surface area contributed by atoms with Crippen LogP contribution in [-0.4, -0.2) is 9.78 Å². The molecule has 0 bridgehead atoms. The van der Waals surface area contributed by atoms with Crippen LogP contribution in [-0.2, 0) is 12.5 Å². The molecule has 0 unspecified atom stereocenters. The van der Waals surface area contributed by atoms with Crippen LogP contribution in [0.25, 0.3) is 0 Å². The monoisotopic (exact) mass is 193 g/mol. The van der Waals surface area contributed by atoms with Crippen LogP contribution in [0.1, 0.15) is 44.7 Å². The number of hydrogen-bond acceptors (Lipinski definition) is 2. The fraction of sp³-hybridized carbons (Fsp3) is 0.727. The van der Waals surface area contributed by atoms with E-state index in [0.717, 1.165) is 5.69 Å². The maximum absolute atomic E-state index is 5.97. The van der Waals surface area contributed by atoms with Gasteiger partial charge in [0.05, 0.1) is 17.6 Å². The molecule has 1 aromatic rings. The van der Waals surface area contributed by atoms with Crippen LogP contribution in [0.3, 0.4) is 0 Å². The third-order valence-electron chi connectivity index (χ3n) is 3.50. The normalized spacial score (nSPS) is 21.0. The highest BCUT2D eigenvalue weighted by molar-refractivity contribution is 5.45. The smallest absolute Gasteiger partial charge is 0.0738 e. The van der Waals surface area contributed by atoms with Gasteiger partial charge in [0.15, 0.2) is 0 Å². The van der Waals surface area contributed by atoms with E-state index in [9.17, 15) is 0 Å². The number of anilines is 1. The maximum Gasteiger partial charge on any atom is 0.0738 e. The molecule has 78 valence electrons. The summed E-state index contributed by atoms with van der Waals surface area (Å²) in [6.45, 7) is 2.32. The van der Waals surface area contributed by atoms with Gasteiger partial charge in [-0.05, 0) is 12.8 Å². The van der Waals surface area contributed by atoms with E-state index in [-0.39, 0.29) is 5.41 Å². The molecular weight excluding hydrogens is 174 g/mol. The molecule has 3 nitrogen and oxygen atoms in total. The van der Waals surface area contributed by atoms with Gasteiger partial charge >= 0.3 is 0 Å². The quantitative estimate of drug-likeness (QED) is 0.743. The Morgan fingerprint density at radius 2 is 2.00 bits per heavy atom. The Labute approximate surface area is 85.3 Å². The molecule has 1 aliphatic rings. The average molecular weight is 193 g/mol. The zero-order valence-corrected chi connectivity index (χ0v) is 9.08. The molecule has 1 fully saturated rings. The van der Waals surface area contributed by atoms with Crippen molar-refractivity contribution in [3.05, 3.63) is 11.9 Å². The molecule has 0 aliphatic heterocycles. The van der Waals surface area contributed by atoms with Gasteiger partial charge in [-0.2, -0.15) is 5.10 Å². The van der Waals surface area contributed by atoms with Crippen molar-refractivity contribution < 1.29 is 0 Å². The molecule has 3 heteroatoms. The first-order chi connectivity index (χ1) is 6.63. The summed E-state index contributed by atoms with van der Waals surface area (Å²) in [6, 6.07) is 0. The molecule has 14 heavy (non-hydrogen) atoms. The Morgan fingerprint density at radius 1 is 1.36 bits per heavy atom. The predicted molar refractivity (Wildman–Crippen MR) is 58.1 cm³/mol. The van der Waals surface area contributed by atoms with Gasteiger partial charge in [-0.25, -0.2) is 0 Å². The molecule has 0 radical (unpaired) electrons. The molecule has 1 heterocycles. The van der Waals surface area contributed by atoms with Crippen molar-refractivity contribution in [1.29, 1.82) is 0 Å². The number of rotatable bonds is 1. The molecule has 0 saturated heterocycles. The minimum absolute atomic E-state index is 0.258. The van der Waals surface area contributed by atoms with E-state index in [1.807, 2.05) is 11.7 Å². The molecule has 2 N–H and O–H groups in total. The molecule has 2 rings (SSSR count). The van der Waals surface area contributed by atoms with Gasteiger partial charge in [-0.15, -0.1) is 0 Å². The van der Waals surface area contributed by atoms with Crippen molar-refractivity contribution in [2.45, 2.75) is 44.4 Å². The fourth-order valence-corrected chi connectivity index (χ4v) is 2.76. The van der Waals surface area contributed by atoms with E-state index in [1.165, 1.54) is 37.8 Å². The fourth-order valence-electron chi connectivity index (χ4n) is 2.76. The highest BCUT2D eigenvalue weighted by atomic mass is 15.3. The zero-order valence-electron chi connectivity index (χ0n) is 9.08. The molecule has 1 aromatic heterocycles. The SMILES string of the molecule is Cn1ncc(N)c1C1(C)CCCCC1. The highest BCUT2D eigenvalue weighted by Crippen LogP contribution is 2.40. The van der Waals surface area contributed by atoms with E-state index in [1.54, 1.807) is 6.20 Å². The van der Waals surface area contributed by atoms with Gasteiger partial charge in [-0.3, -0.25) is 4.68 Å². The standard InChI is InChI=1S/C11H19N3/c1-11(6-4-3-5-7-11)10-9(12)8-13-14(10)2/h8H,3-7,12H2,1-2H3. The number of nitrogens with zero attached hydrogens (tertiary/aromatic N) is 2. The van der Waals surface area contributed by atoms with Crippen molar-refractivity contribution in [3.8, 4) is 0 Å². The van der Waals surface area contributed by atoms with Crippen LogP contribution in [0, 0.1) is 0 Å². The highest BCUT2D eigenvalue weighted by Gasteiger charge is 2.33. The van der Waals surface area contributed by atoms with Gasteiger partial charge in [0.25, 0.3) is 0 Å². The van der Waals surface area contributed by atoms with Crippen LogP contribution in [0.5, 0.6) is 0 Å². The first-order valence-electron chi connectivity index (χ1n) is 5.41. The topological polar surface area (TPSA) is 43.8 Å². The zero-order chi connectivity index (χ0) is 10.2. The number of nitrogens with two attached hydrogens (primary N) is 1. The van der Waals surface area contributed by atoms with Crippen molar-refractivity contribution >= 4 is 5.69 Å². The molecule has 1 saturated carbocycles. The minimum atomic E-state index is 0.258. The lowest BCUT2D eigenvalue weighted by Gasteiger charge is -2.34. The molecule has 1 aliphatic carbocycles. The van der Waals surface area contributed by atoms with Crippen molar-refractivity contribution in [3.63, 3.8) is 0 Å². The summed E-state index contributed by atoms with van der Waals surface area (Å²) in [7, 11) is 1.99. The number of nitrogen functional groups attached to an aromatic ring is 1. The number of hydrogen-bond donors (Lipinski definition) is 1. The second kappa shape index (κ2) is 3.30. The average Bonchev–Trinajstić information content (AvgIpc) is 2.48. The Morgan fingerprint density at radius 3 is 2.50 bits per heavy atom. The molecule has 0 spiro atoms. The summed E-state index contributed by atoms with van der Waals surface area (Å²) in [5.41, 5.74) is 8.32. The van der Waals surface area contributed by atoms with Gasteiger partial charge in [0.1, 0.15) is 0 Å². The van der Waals surface area contributed by atoms with Gasteiger partial charge < -0.3 is 5.73 Å². The summed E-state index contributed by atoms with van der Waals surface area (Å²) in [5, 5.41) is 4.23. The molecular formula is C11H19N3. The Balaban J connectivity index is 2.36. The summed E-state index contributed by atoms with van der Waals surface area (Å²) >= 11 is 0. The van der Waals surface area contributed by atoms with Crippen molar-refractivity contribution in [2.24, 2.45) is 7.05 Å². The van der Waals surface area contributed by atoms with Crippen LogP contribution >= 0.6 is 0 Å². The van der Waals surface area contributed by atoms with E-state index in [0.29, 0.717) is 0 Å². The summed E-state index contributed by atoms with van der Waals surface area (Å²) in [4.78, 5) is 0. The van der Waals surface area contributed by atoms with Crippen LogP contribution in [0.2, 0.25) is 0 Å². The Bertz CT molecular complexity index is 302. The first kappa shape index (κ1) is 9.56. The van der Waals surface area contributed by atoms with E-state index < -0.39 is 0 Å². The van der Waals surface area contributed by atoms with Gasteiger partial charge in [-0.1, -0.05) is 26.2 Å². The number of aromatic nitrogens is 2. The van der Waals surface area contributed by atoms with Gasteiger partial charge in [0, 0.05) is 12.5 Å². The van der Waals surface area contributed by atoms with Gasteiger partial charge in [0.2, 0.25) is 0 Å². The van der Waals surface area contributed by atoms with Crippen molar-refractivity contribution in [2.75, 3.05) is 5.73 Å². The second-order valence-corrected chi connectivity index (χ2v) is 4.69. The third-order valence-corrected chi connectivity index (χ3v) is 3.50. The summed E-state index contributed by atoms with van der Waals surface area (Å²) < 4.78 is 1.95. The molecule has 0 amide bonds. The largest absolute Gasteiger partial charge is 0.396 e. The van der Waals surface area contributed by atoms with Crippen LogP contribution in [0.4, 0.5) is 5.69 Å². The predicted octanol–water partition coefficient (Wildman–Crippen LogP) is 2.22. The Hall–Kier alpha value is -0.990. The van der Waals surface area contributed by atoms with Crippen LogP contribution in [0.15, 0.2) is 6.20 Å². The van der Waals surface area contributed by atoms with E-state index in [4.69, 9.17) is 5.73 Å². The van der Waals surface area contributed by atoms with Crippen LogP contribution < -0.4 is 5.73 Å². The van der Waals surface area contributed by atoms with E-state index in [2.05, 4.69) is 12.0 Å². The maximum atomic E-state index is 5.97. The number of aryl methyl sites for hydroxylation is 1. The van der Waals surface area contributed by atoms with E-state index >= 15 is 0 Å².